The Balaban J connectivity index is 1.38. The molecule has 26 heavy (non-hydrogen) atoms. The second-order valence-corrected chi connectivity index (χ2v) is 8.82. The molecule has 5 rings (SSSR count). The Hall–Kier alpha value is -1.75. The molecule has 1 aromatic carbocycles. The first kappa shape index (κ1) is 17.7. The van der Waals surface area contributed by atoms with Gasteiger partial charge in [-0.3, -0.25) is 0 Å². The number of carbonyl (C=O) groups excluding carboxylic acids is 2. The molecule has 0 radical (unpaired) electrons. The monoisotopic (exact) mass is 376 g/mol. The number of urea groups is 1. The van der Waals surface area contributed by atoms with Crippen molar-refractivity contribution in [3.8, 4) is 0 Å². The van der Waals surface area contributed by atoms with E-state index >= 15 is 0 Å². The lowest BCUT2D eigenvalue weighted by Crippen LogP contribution is -2.51. The van der Waals surface area contributed by atoms with Crippen molar-refractivity contribution in [3.63, 3.8) is 0 Å². The van der Waals surface area contributed by atoms with Crippen LogP contribution in [0, 0.1) is 23.2 Å². The van der Waals surface area contributed by atoms with E-state index in [1.807, 2.05) is 0 Å². The van der Waals surface area contributed by atoms with Gasteiger partial charge in [0.05, 0.1) is 23.4 Å². The number of anilines is 1. The zero-order chi connectivity index (χ0) is 18.3. The Morgan fingerprint density at radius 1 is 1.15 bits per heavy atom. The lowest BCUT2D eigenvalue weighted by molar-refractivity contribution is -0.0496. The molecule has 4 bridgehead atoms. The number of halogens is 1. The average molecular weight is 377 g/mol. The molecule has 5 nitrogen and oxygen atoms in total. The number of hydrogen-bond donors (Lipinski definition) is 2. The summed E-state index contributed by atoms with van der Waals surface area (Å²) in [6.07, 6.45) is 7.91. The minimum atomic E-state index is -0.460. The van der Waals surface area contributed by atoms with Crippen LogP contribution in [0.4, 0.5) is 10.5 Å². The van der Waals surface area contributed by atoms with E-state index in [2.05, 4.69) is 10.6 Å². The highest BCUT2D eigenvalue weighted by molar-refractivity contribution is 6.33. The number of carbonyl (C=O) groups is 2. The molecule has 0 heterocycles. The maximum atomic E-state index is 12.4. The van der Waals surface area contributed by atoms with Crippen LogP contribution in [0.3, 0.4) is 0 Å². The fourth-order valence-corrected chi connectivity index (χ4v) is 5.97. The van der Waals surface area contributed by atoms with Crippen LogP contribution in [0.5, 0.6) is 0 Å². The maximum absolute atomic E-state index is 12.4. The molecule has 0 atom stereocenters. The molecule has 0 spiro atoms. The first-order valence-corrected chi connectivity index (χ1v) is 9.77. The molecule has 1 aromatic rings. The van der Waals surface area contributed by atoms with Gasteiger partial charge in [-0.25, -0.2) is 9.59 Å². The van der Waals surface area contributed by atoms with E-state index in [9.17, 15) is 9.59 Å². The highest BCUT2D eigenvalue weighted by Crippen LogP contribution is 2.59. The van der Waals surface area contributed by atoms with Gasteiger partial charge in [0.15, 0.2) is 0 Å². The van der Waals surface area contributed by atoms with Gasteiger partial charge in [-0.05, 0) is 79.9 Å². The molecular weight excluding hydrogens is 352 g/mol. The predicted octanol–water partition coefficient (Wildman–Crippen LogP) is 4.46. The molecule has 4 aliphatic carbocycles. The van der Waals surface area contributed by atoms with Crippen LogP contribution in [0.25, 0.3) is 0 Å². The van der Waals surface area contributed by atoms with Crippen LogP contribution in [-0.2, 0) is 4.74 Å². The first-order valence-electron chi connectivity index (χ1n) is 9.39. The van der Waals surface area contributed by atoms with Crippen molar-refractivity contribution in [1.82, 2.24) is 5.32 Å². The van der Waals surface area contributed by atoms with Gasteiger partial charge in [0, 0.05) is 6.54 Å². The summed E-state index contributed by atoms with van der Waals surface area (Å²) in [6.45, 7) is 0.719. The highest BCUT2D eigenvalue weighted by atomic mass is 35.5. The van der Waals surface area contributed by atoms with Gasteiger partial charge in [-0.1, -0.05) is 11.6 Å². The molecule has 2 amide bonds. The van der Waals surface area contributed by atoms with Crippen molar-refractivity contribution in [2.75, 3.05) is 19.0 Å². The molecule has 0 aliphatic heterocycles. The number of amides is 2. The molecule has 4 fully saturated rings. The number of methoxy groups -OCH3 is 1. The van der Waals surface area contributed by atoms with E-state index in [1.165, 1.54) is 45.6 Å². The second kappa shape index (κ2) is 6.76. The van der Waals surface area contributed by atoms with E-state index in [1.54, 1.807) is 18.2 Å². The quantitative estimate of drug-likeness (QED) is 0.762. The average Bonchev–Trinajstić information content (AvgIpc) is 2.60. The zero-order valence-corrected chi connectivity index (χ0v) is 15.8. The third kappa shape index (κ3) is 3.41. The topological polar surface area (TPSA) is 67.4 Å². The van der Waals surface area contributed by atoms with Crippen LogP contribution < -0.4 is 10.6 Å². The summed E-state index contributed by atoms with van der Waals surface area (Å²) in [4.78, 5) is 24.1. The molecule has 0 unspecified atom stereocenters. The molecule has 0 aromatic heterocycles. The number of rotatable bonds is 4. The third-order valence-electron chi connectivity index (χ3n) is 6.42. The Kier molecular flexibility index (Phi) is 4.59. The summed E-state index contributed by atoms with van der Waals surface area (Å²) in [6, 6.07) is 4.43. The van der Waals surface area contributed by atoms with Crippen LogP contribution in [0.15, 0.2) is 18.2 Å². The minimum absolute atomic E-state index is 0.273. The normalized spacial score (nSPS) is 31.5. The summed E-state index contributed by atoms with van der Waals surface area (Å²) in [7, 11) is 1.32. The summed E-state index contributed by atoms with van der Waals surface area (Å²) >= 11 is 6.15. The minimum Gasteiger partial charge on any atom is -0.465 e. The van der Waals surface area contributed by atoms with E-state index in [-0.39, 0.29) is 11.4 Å². The lowest BCUT2D eigenvalue weighted by Gasteiger charge is -2.56. The lowest BCUT2D eigenvalue weighted by atomic mass is 9.49. The maximum Gasteiger partial charge on any atom is 0.337 e. The third-order valence-corrected chi connectivity index (χ3v) is 6.75. The molecule has 2 N–H and O–H groups in total. The van der Waals surface area contributed by atoms with E-state index in [0.29, 0.717) is 16.3 Å². The van der Waals surface area contributed by atoms with Crippen LogP contribution >= 0.6 is 11.6 Å². The fraction of sp³-hybridized carbons (Fsp3) is 0.600. The van der Waals surface area contributed by atoms with Crippen molar-refractivity contribution in [2.45, 2.75) is 38.5 Å². The number of nitrogens with one attached hydrogen (secondary N) is 2. The van der Waals surface area contributed by atoms with Crippen LogP contribution in [0.1, 0.15) is 48.9 Å². The van der Waals surface area contributed by atoms with Crippen LogP contribution in [0.2, 0.25) is 5.02 Å². The SMILES string of the molecule is COC(=O)c1ccc(Cl)c(NC(=O)NCC23CC4CC(CC(C4)C2)C3)c1. The summed E-state index contributed by atoms with van der Waals surface area (Å²) in [5.41, 5.74) is 1.05. The molecule has 6 heteroatoms. The molecule has 140 valence electrons. The Labute approximate surface area is 158 Å². The van der Waals surface area contributed by atoms with Gasteiger partial charge in [-0.15, -0.1) is 0 Å². The summed E-state index contributed by atoms with van der Waals surface area (Å²) in [5, 5.41) is 6.22. The number of ether oxygens (including phenoxy) is 1. The van der Waals surface area contributed by atoms with Crippen molar-refractivity contribution in [1.29, 1.82) is 0 Å². The van der Waals surface area contributed by atoms with E-state index in [4.69, 9.17) is 16.3 Å². The van der Waals surface area contributed by atoms with Gasteiger partial charge < -0.3 is 15.4 Å². The Bertz CT molecular complexity index is 698. The van der Waals surface area contributed by atoms with Gasteiger partial charge in [0.25, 0.3) is 0 Å². The Morgan fingerprint density at radius 3 is 2.35 bits per heavy atom. The summed E-state index contributed by atoms with van der Waals surface area (Å²) < 4.78 is 4.71. The van der Waals surface area contributed by atoms with Crippen LogP contribution in [-0.4, -0.2) is 25.7 Å². The molecule has 4 saturated carbocycles. The molecular formula is C20H25ClN2O3. The van der Waals surface area contributed by atoms with Crippen molar-refractivity contribution in [2.24, 2.45) is 23.2 Å². The van der Waals surface area contributed by atoms with Gasteiger partial charge >= 0.3 is 12.0 Å². The number of esters is 1. The molecule has 0 saturated heterocycles. The highest BCUT2D eigenvalue weighted by Gasteiger charge is 2.50. The number of benzene rings is 1. The second-order valence-electron chi connectivity index (χ2n) is 8.41. The Morgan fingerprint density at radius 2 is 1.77 bits per heavy atom. The first-order chi connectivity index (χ1) is 12.5. The van der Waals surface area contributed by atoms with Crippen molar-refractivity contribution >= 4 is 29.3 Å². The standard InChI is InChI=1S/C20H25ClN2O3/c1-26-18(24)15-2-3-16(21)17(7-15)23-19(25)22-11-20-8-12-4-13(9-20)6-14(5-12)10-20/h2-3,7,12-14H,4-6,8-11H2,1H3,(H2,22,23,25). The van der Waals surface area contributed by atoms with Gasteiger partial charge in [0.1, 0.15) is 0 Å². The van der Waals surface area contributed by atoms with Gasteiger partial charge in [0.2, 0.25) is 0 Å². The summed E-state index contributed by atoms with van der Waals surface area (Å²) in [5.74, 6) is 2.12. The van der Waals surface area contributed by atoms with Crippen molar-refractivity contribution in [3.05, 3.63) is 28.8 Å². The number of hydrogen-bond acceptors (Lipinski definition) is 3. The zero-order valence-electron chi connectivity index (χ0n) is 15.0. The predicted molar refractivity (Wildman–Crippen MR) is 100 cm³/mol. The van der Waals surface area contributed by atoms with Gasteiger partial charge in [-0.2, -0.15) is 0 Å². The van der Waals surface area contributed by atoms with E-state index < -0.39 is 5.97 Å². The largest absolute Gasteiger partial charge is 0.465 e. The molecule has 4 aliphatic rings. The fourth-order valence-electron chi connectivity index (χ4n) is 5.81. The van der Waals surface area contributed by atoms with E-state index in [0.717, 1.165) is 24.3 Å². The van der Waals surface area contributed by atoms with Crippen molar-refractivity contribution < 1.29 is 14.3 Å². The smallest absolute Gasteiger partial charge is 0.337 e.